The zero-order valence-electron chi connectivity index (χ0n) is 12.5. The summed E-state index contributed by atoms with van der Waals surface area (Å²) in [4.78, 5) is 16.5. The Labute approximate surface area is 128 Å². The van der Waals surface area contributed by atoms with E-state index in [9.17, 15) is 4.79 Å². The van der Waals surface area contributed by atoms with E-state index in [1.807, 2.05) is 18.2 Å². The second-order valence-corrected chi connectivity index (χ2v) is 5.94. The maximum atomic E-state index is 11.9. The van der Waals surface area contributed by atoms with Crippen LogP contribution in [0.2, 0.25) is 0 Å². The molecule has 2 heterocycles. The highest BCUT2D eigenvalue weighted by Gasteiger charge is 2.31. The molecule has 2 aromatic rings. The predicted molar refractivity (Wildman–Crippen MR) is 80.7 cm³/mol. The van der Waals surface area contributed by atoms with E-state index in [2.05, 4.69) is 14.9 Å². The minimum Gasteiger partial charge on any atom is -0.497 e. The Hall–Kier alpha value is -2.08. The van der Waals surface area contributed by atoms with Crippen molar-refractivity contribution in [3.8, 4) is 5.75 Å². The standard InChI is InChI=1S/C16H19N3O3/c1-21-12-4-5-14-13(6-12)18-15-9-22-8-11(19(14)15)7-17-16(20)10-2-3-10/h4-6,10-11H,2-3,7-9H2,1H3,(H,17,20). The Morgan fingerprint density at radius 1 is 1.50 bits per heavy atom. The first-order valence-corrected chi connectivity index (χ1v) is 7.66. The van der Waals surface area contributed by atoms with Gasteiger partial charge < -0.3 is 19.4 Å². The zero-order valence-corrected chi connectivity index (χ0v) is 12.5. The summed E-state index contributed by atoms with van der Waals surface area (Å²) in [6.07, 6.45) is 2.04. The average Bonchev–Trinajstić information content (AvgIpc) is 3.32. The van der Waals surface area contributed by atoms with Crippen LogP contribution in [0.5, 0.6) is 5.75 Å². The molecule has 1 aliphatic carbocycles. The monoisotopic (exact) mass is 301 g/mol. The summed E-state index contributed by atoms with van der Waals surface area (Å²) < 4.78 is 13.1. The van der Waals surface area contributed by atoms with Crippen LogP contribution in [-0.2, 0) is 16.1 Å². The van der Waals surface area contributed by atoms with Crippen molar-refractivity contribution in [2.75, 3.05) is 20.3 Å². The molecule has 1 N–H and O–H groups in total. The van der Waals surface area contributed by atoms with Crippen LogP contribution in [0.25, 0.3) is 11.0 Å². The van der Waals surface area contributed by atoms with E-state index in [4.69, 9.17) is 9.47 Å². The fraction of sp³-hybridized carbons (Fsp3) is 0.500. The fourth-order valence-corrected chi connectivity index (χ4v) is 2.98. The molecule has 22 heavy (non-hydrogen) atoms. The van der Waals surface area contributed by atoms with Crippen molar-refractivity contribution >= 4 is 16.9 Å². The second kappa shape index (κ2) is 5.28. The van der Waals surface area contributed by atoms with Crippen LogP contribution < -0.4 is 10.1 Å². The van der Waals surface area contributed by atoms with Gasteiger partial charge in [0.1, 0.15) is 18.2 Å². The molecule has 1 amide bonds. The zero-order chi connectivity index (χ0) is 15.1. The van der Waals surface area contributed by atoms with Crippen LogP contribution in [-0.4, -0.2) is 35.7 Å². The molecule has 2 aliphatic rings. The summed E-state index contributed by atoms with van der Waals surface area (Å²) >= 11 is 0. The second-order valence-electron chi connectivity index (χ2n) is 5.94. The Morgan fingerprint density at radius 3 is 3.14 bits per heavy atom. The number of imidazole rings is 1. The van der Waals surface area contributed by atoms with Gasteiger partial charge in [-0.25, -0.2) is 4.98 Å². The molecule has 1 fully saturated rings. The van der Waals surface area contributed by atoms with E-state index in [1.54, 1.807) is 7.11 Å². The number of carbonyl (C=O) groups excluding carboxylic acids is 1. The number of benzene rings is 1. The average molecular weight is 301 g/mol. The van der Waals surface area contributed by atoms with Crippen molar-refractivity contribution in [2.45, 2.75) is 25.5 Å². The highest BCUT2D eigenvalue weighted by Crippen LogP contribution is 2.30. The quantitative estimate of drug-likeness (QED) is 0.932. The molecular formula is C16H19N3O3. The molecule has 116 valence electrons. The topological polar surface area (TPSA) is 65.4 Å². The fourth-order valence-electron chi connectivity index (χ4n) is 2.98. The van der Waals surface area contributed by atoms with Crippen molar-refractivity contribution in [3.63, 3.8) is 0 Å². The number of nitrogens with zero attached hydrogens (tertiary/aromatic N) is 2. The molecule has 1 aliphatic heterocycles. The first kappa shape index (κ1) is 13.6. The Morgan fingerprint density at radius 2 is 2.36 bits per heavy atom. The first-order valence-electron chi connectivity index (χ1n) is 7.66. The molecule has 1 unspecified atom stereocenters. The van der Waals surface area contributed by atoms with E-state index >= 15 is 0 Å². The van der Waals surface area contributed by atoms with Gasteiger partial charge in [0.05, 0.1) is 30.8 Å². The van der Waals surface area contributed by atoms with Crippen LogP contribution in [0.15, 0.2) is 18.2 Å². The number of rotatable bonds is 4. The Kier molecular flexibility index (Phi) is 3.26. The lowest BCUT2D eigenvalue weighted by molar-refractivity contribution is -0.122. The Bertz CT molecular complexity index is 721. The molecule has 0 spiro atoms. The number of amides is 1. The van der Waals surface area contributed by atoms with Crippen LogP contribution >= 0.6 is 0 Å². The summed E-state index contributed by atoms with van der Waals surface area (Å²) in [6, 6.07) is 5.98. The summed E-state index contributed by atoms with van der Waals surface area (Å²) in [5, 5.41) is 3.04. The molecule has 0 radical (unpaired) electrons. The van der Waals surface area contributed by atoms with Gasteiger partial charge in [0, 0.05) is 18.5 Å². The van der Waals surface area contributed by atoms with Crippen LogP contribution in [0, 0.1) is 5.92 Å². The van der Waals surface area contributed by atoms with Crippen molar-refractivity contribution in [1.29, 1.82) is 0 Å². The molecule has 0 saturated heterocycles. The first-order chi connectivity index (χ1) is 10.8. The number of nitrogens with one attached hydrogen (secondary N) is 1. The van der Waals surface area contributed by atoms with E-state index < -0.39 is 0 Å². The summed E-state index contributed by atoms with van der Waals surface area (Å²) in [6.45, 7) is 1.68. The van der Waals surface area contributed by atoms with Gasteiger partial charge in [0.15, 0.2) is 0 Å². The van der Waals surface area contributed by atoms with Crippen molar-refractivity contribution in [3.05, 3.63) is 24.0 Å². The maximum absolute atomic E-state index is 11.9. The number of methoxy groups -OCH3 is 1. The molecule has 6 nitrogen and oxygen atoms in total. The molecule has 1 atom stereocenters. The van der Waals surface area contributed by atoms with Gasteiger partial charge in [0.2, 0.25) is 5.91 Å². The maximum Gasteiger partial charge on any atom is 0.223 e. The summed E-state index contributed by atoms with van der Waals surface area (Å²) in [7, 11) is 1.65. The lowest BCUT2D eigenvalue weighted by atomic mass is 10.2. The molecule has 1 aromatic carbocycles. The smallest absolute Gasteiger partial charge is 0.223 e. The van der Waals surface area contributed by atoms with Crippen LogP contribution in [0.1, 0.15) is 24.7 Å². The third kappa shape index (κ3) is 2.33. The molecule has 0 bridgehead atoms. The van der Waals surface area contributed by atoms with E-state index in [-0.39, 0.29) is 17.9 Å². The number of fused-ring (bicyclic) bond motifs is 3. The highest BCUT2D eigenvalue weighted by molar-refractivity contribution is 5.81. The summed E-state index contributed by atoms with van der Waals surface area (Å²) in [5.74, 6) is 2.09. The van der Waals surface area contributed by atoms with E-state index in [1.165, 1.54) is 0 Å². The largest absolute Gasteiger partial charge is 0.497 e. The van der Waals surface area contributed by atoms with E-state index in [0.717, 1.165) is 35.4 Å². The number of aromatic nitrogens is 2. The Balaban J connectivity index is 1.62. The van der Waals surface area contributed by atoms with Gasteiger partial charge in [-0.1, -0.05) is 0 Å². The molecule has 4 rings (SSSR count). The van der Waals surface area contributed by atoms with Gasteiger partial charge in [-0.15, -0.1) is 0 Å². The van der Waals surface area contributed by atoms with Crippen molar-refractivity contribution < 1.29 is 14.3 Å². The number of hydrogen-bond donors (Lipinski definition) is 1. The van der Waals surface area contributed by atoms with Gasteiger partial charge in [-0.05, 0) is 25.0 Å². The number of carbonyl (C=O) groups is 1. The van der Waals surface area contributed by atoms with Gasteiger partial charge in [-0.2, -0.15) is 0 Å². The lowest BCUT2D eigenvalue weighted by Crippen LogP contribution is -2.36. The summed E-state index contributed by atoms with van der Waals surface area (Å²) in [5.41, 5.74) is 1.96. The van der Waals surface area contributed by atoms with Gasteiger partial charge >= 0.3 is 0 Å². The van der Waals surface area contributed by atoms with Crippen LogP contribution in [0.3, 0.4) is 0 Å². The van der Waals surface area contributed by atoms with Crippen LogP contribution in [0.4, 0.5) is 0 Å². The number of hydrogen-bond acceptors (Lipinski definition) is 4. The lowest BCUT2D eigenvalue weighted by Gasteiger charge is -2.26. The number of ether oxygens (including phenoxy) is 2. The highest BCUT2D eigenvalue weighted by atomic mass is 16.5. The van der Waals surface area contributed by atoms with Crippen molar-refractivity contribution in [1.82, 2.24) is 14.9 Å². The minimum absolute atomic E-state index is 0.0878. The molecule has 1 aromatic heterocycles. The SMILES string of the molecule is COc1ccc2c(c1)nc1n2C(CNC(=O)C2CC2)COC1. The molecular weight excluding hydrogens is 282 g/mol. The third-order valence-corrected chi connectivity index (χ3v) is 4.34. The van der Waals surface area contributed by atoms with Gasteiger partial charge in [-0.3, -0.25) is 4.79 Å². The molecule has 1 saturated carbocycles. The van der Waals surface area contributed by atoms with Crippen molar-refractivity contribution in [2.24, 2.45) is 5.92 Å². The predicted octanol–water partition coefficient (Wildman–Crippen LogP) is 1.64. The normalized spacial score (nSPS) is 20.7. The minimum atomic E-state index is 0.0878. The van der Waals surface area contributed by atoms with E-state index in [0.29, 0.717) is 19.8 Å². The molecule has 6 heteroatoms. The third-order valence-electron chi connectivity index (χ3n) is 4.34. The van der Waals surface area contributed by atoms with Gasteiger partial charge in [0.25, 0.3) is 0 Å².